The first-order chi connectivity index (χ1) is 50.9. The lowest BCUT2D eigenvalue weighted by Gasteiger charge is -2.57. The van der Waals surface area contributed by atoms with Crippen molar-refractivity contribution in [1.82, 2.24) is 89.5 Å². The molecule has 45 nitrogen and oxygen atoms in total. The Bertz CT molecular complexity index is 3070. The summed E-state index contributed by atoms with van der Waals surface area (Å²) in [6.45, 7) is -6.74. The van der Waals surface area contributed by atoms with E-state index >= 15 is 0 Å². The van der Waals surface area contributed by atoms with Gasteiger partial charge in [0.25, 0.3) is 0 Å². The number of fused-ring (bicyclic) bond motifs is 3. The number of aliphatic carboxylic acids is 2. The van der Waals surface area contributed by atoms with Crippen molar-refractivity contribution >= 4 is 102 Å². The normalized spacial score (nSPS) is 24.2. The molecule has 1 aliphatic carbocycles. The zero-order chi connectivity index (χ0) is 79.4. The van der Waals surface area contributed by atoms with E-state index in [-0.39, 0.29) is 132 Å². The lowest BCUT2D eigenvalue weighted by atomic mass is 9.72. The van der Waals surface area contributed by atoms with E-state index < -0.39 is 251 Å². The molecule has 3 aliphatic heterocycles. The maximum Gasteiger partial charge on any atom is 0.303 e. The molecule has 0 aromatic carbocycles. The number of unbranched alkanes of at least 4 members (excludes halogenated alkanes) is 1. The standard InChI is InChI=1S/C62H102N18O27/c63-16-3-1-7-33(71-60(103)42(29-84)77-62(105)43-15-18-64-52-38(70-47(89)12-14-51(94)95)21-32-22-45(87)46(88)23-44(32)80(43)52)53(96)66-24-48(90)69-35(9-5-19-78(106)30-85)57(100)76-41(28-83)61(104)75-40(27-82)55(98)67-25-49(91)68-34-8-2-4-17-65-54(97)39(26-81)74-59(102)37(11-13-50(92)93)73-58(101)36(72-56(34)99)10-6-20-79(107)31-86/h30-46,52,64,81-84,87-88,106-107H,1-29,63H2,(H,65,97)(H,66,96)(H,67,98)(H,68,91)(H,69,90)(H,70,89)(H,71,103)(H,72,99)(H,73,101)(H,74,102)(H,75,104)(H,76,100)(H,77,105)(H,92,93)(H,94,95). The van der Waals surface area contributed by atoms with Crippen LogP contribution in [0.15, 0.2) is 0 Å². The van der Waals surface area contributed by atoms with Gasteiger partial charge in [0.1, 0.15) is 54.4 Å². The molecule has 4 fully saturated rings. The van der Waals surface area contributed by atoms with Gasteiger partial charge in [-0.25, -0.2) is 10.1 Å². The number of nitrogens with two attached hydrogens (primary N) is 1. The maximum atomic E-state index is 14.3. The van der Waals surface area contributed by atoms with E-state index in [1.54, 1.807) is 4.90 Å². The third-order valence-electron chi connectivity index (χ3n) is 18.1. The molecule has 15 amide bonds. The molecule has 16 atom stereocenters. The van der Waals surface area contributed by atoms with Crippen LogP contribution in [0.25, 0.3) is 0 Å². The molecule has 1 saturated carbocycles. The Hall–Kier alpha value is -9.45. The molecule has 0 radical (unpaired) electrons. The minimum atomic E-state index is -1.97. The van der Waals surface area contributed by atoms with E-state index in [2.05, 4.69) is 74.4 Å². The molecular formula is C62H102N18O27. The van der Waals surface area contributed by atoms with Crippen LogP contribution in [0.1, 0.15) is 116 Å². The van der Waals surface area contributed by atoms with Gasteiger partial charge in [-0.2, -0.15) is 0 Å². The highest BCUT2D eigenvalue weighted by atomic mass is 16.5. The number of piperidine rings is 1. The van der Waals surface area contributed by atoms with Gasteiger partial charge >= 0.3 is 11.9 Å². The first-order valence-electron chi connectivity index (χ1n) is 35.0. The topological polar surface area (TPSA) is 697 Å². The maximum absolute atomic E-state index is 14.3. The quantitative estimate of drug-likeness (QED) is 0.0117. The number of carbonyl (C=O) groups excluding carboxylic acids is 15. The highest BCUT2D eigenvalue weighted by Gasteiger charge is 2.53. The average molecular weight is 1530 g/mol. The Morgan fingerprint density at radius 2 is 1.07 bits per heavy atom. The van der Waals surface area contributed by atoms with E-state index in [0.29, 0.717) is 12.8 Å². The molecule has 16 unspecified atom stereocenters. The number of hydrogen-bond acceptors (Lipinski definition) is 28. The second-order valence-electron chi connectivity index (χ2n) is 26.0. The fraction of sp³-hybridized carbons (Fsp3) is 0.726. The molecule has 0 aromatic heterocycles. The second kappa shape index (κ2) is 46.6. The average Bonchev–Trinajstić information content (AvgIpc) is 0.748. The fourth-order valence-electron chi connectivity index (χ4n) is 12.5. The molecule has 0 bridgehead atoms. The van der Waals surface area contributed by atoms with E-state index in [1.165, 1.54) is 0 Å². The molecule has 602 valence electrons. The Kier molecular flexibility index (Phi) is 39.2. The summed E-state index contributed by atoms with van der Waals surface area (Å²) < 4.78 is 0. The lowest BCUT2D eigenvalue weighted by Crippen LogP contribution is -2.75. The number of hydroxylamine groups is 4. The number of carboxylic acid groups (broad SMARTS) is 2. The monoisotopic (exact) mass is 1530 g/mol. The summed E-state index contributed by atoms with van der Waals surface area (Å²) in [7, 11) is 0. The highest BCUT2D eigenvalue weighted by molar-refractivity contribution is 5.99. The van der Waals surface area contributed by atoms with Crippen LogP contribution < -0.4 is 80.2 Å². The van der Waals surface area contributed by atoms with Gasteiger partial charge in [0, 0.05) is 38.5 Å². The molecule has 0 spiro atoms. The Morgan fingerprint density at radius 3 is 1.68 bits per heavy atom. The van der Waals surface area contributed by atoms with Crippen LogP contribution in [-0.4, -0.2) is 331 Å². The van der Waals surface area contributed by atoms with Crippen molar-refractivity contribution in [2.45, 2.75) is 206 Å². The van der Waals surface area contributed by atoms with Crippen molar-refractivity contribution in [2.24, 2.45) is 11.7 Å². The van der Waals surface area contributed by atoms with E-state index in [4.69, 9.17) is 10.8 Å². The Morgan fingerprint density at radius 1 is 0.542 bits per heavy atom. The van der Waals surface area contributed by atoms with E-state index in [0.717, 1.165) is 0 Å². The molecule has 107 heavy (non-hydrogen) atoms. The molecule has 45 heteroatoms. The minimum absolute atomic E-state index is 0.0224. The largest absolute Gasteiger partial charge is 0.481 e. The number of aliphatic hydroxyl groups excluding tert-OH is 6. The zero-order valence-electron chi connectivity index (χ0n) is 58.7. The predicted molar refractivity (Wildman–Crippen MR) is 360 cm³/mol. The Labute approximate surface area is 612 Å². The van der Waals surface area contributed by atoms with Crippen molar-refractivity contribution in [3.8, 4) is 0 Å². The zero-order valence-corrected chi connectivity index (χ0v) is 58.7. The van der Waals surface area contributed by atoms with Crippen LogP contribution in [0.4, 0.5) is 0 Å². The molecule has 3 saturated heterocycles. The molecule has 4 aliphatic rings. The third-order valence-corrected chi connectivity index (χ3v) is 18.1. The number of amides is 15. The van der Waals surface area contributed by atoms with Gasteiger partial charge in [0.2, 0.25) is 89.6 Å². The van der Waals surface area contributed by atoms with Crippen LogP contribution in [0.3, 0.4) is 0 Å². The Balaban J connectivity index is 1.42. The molecule has 4 rings (SSSR count). The van der Waals surface area contributed by atoms with Gasteiger partial charge < -0.3 is 116 Å². The summed E-state index contributed by atoms with van der Waals surface area (Å²) in [5.41, 5.74) is 5.70. The van der Waals surface area contributed by atoms with Gasteiger partial charge in [0.05, 0.1) is 76.4 Å². The third kappa shape index (κ3) is 30.0. The van der Waals surface area contributed by atoms with Gasteiger partial charge in [-0.1, -0.05) is 0 Å². The van der Waals surface area contributed by atoms with Crippen LogP contribution in [0, 0.1) is 5.92 Å². The summed E-state index contributed by atoms with van der Waals surface area (Å²) in [4.78, 5) is 223. The van der Waals surface area contributed by atoms with Gasteiger partial charge in [-0.05, 0) is 115 Å². The van der Waals surface area contributed by atoms with Crippen LogP contribution in [-0.2, 0) is 81.5 Å². The van der Waals surface area contributed by atoms with Gasteiger partial charge in [-0.15, -0.1) is 0 Å². The lowest BCUT2D eigenvalue weighted by molar-refractivity contribution is -0.151. The van der Waals surface area contributed by atoms with E-state index in [1.807, 2.05) is 0 Å². The number of nitrogens with one attached hydrogen (secondary N) is 14. The summed E-state index contributed by atoms with van der Waals surface area (Å²) in [6, 6.07) is -17.4. The minimum Gasteiger partial charge on any atom is -0.481 e. The number of rotatable bonds is 41. The van der Waals surface area contributed by atoms with Crippen LogP contribution in [0.2, 0.25) is 0 Å². The van der Waals surface area contributed by atoms with E-state index in [9.17, 15) is 128 Å². The van der Waals surface area contributed by atoms with Crippen molar-refractivity contribution in [1.29, 1.82) is 0 Å². The van der Waals surface area contributed by atoms with Crippen LogP contribution in [0.5, 0.6) is 0 Å². The smallest absolute Gasteiger partial charge is 0.303 e. The SMILES string of the molecule is NCCCCC(NC(=O)C(CO)NC(=O)C1CCNC2C(NC(=O)CCC(=O)O)CC3CC(O)C(O)CC3N12)C(=O)NCC(=O)NC(CCCN(O)C=O)C(=O)NC(CO)C(=O)NC(CO)C(=O)NCC(=O)NC1CCCCNC(=O)C(CO)NC(=O)C(CCC(=O)O)NC(=O)C(CCCN(O)C=O)NC1=O. The second-order valence-corrected chi connectivity index (χ2v) is 26.0. The number of carbonyl (C=O) groups is 17. The summed E-state index contributed by atoms with van der Waals surface area (Å²) in [6.07, 6.45) is -5.22. The molecule has 0 aromatic rings. The molecule has 26 N–H and O–H groups in total. The first-order valence-corrected chi connectivity index (χ1v) is 35.0. The van der Waals surface area contributed by atoms with Crippen molar-refractivity contribution in [3.05, 3.63) is 0 Å². The molecular weight excluding hydrogens is 1430 g/mol. The predicted octanol–water partition coefficient (Wildman–Crippen LogP) is -12.7. The summed E-state index contributed by atoms with van der Waals surface area (Å²) >= 11 is 0. The molecule has 3 heterocycles. The number of hydrogen-bond donors (Lipinski definition) is 25. The summed E-state index contributed by atoms with van der Waals surface area (Å²) in [5, 5.41) is 135. The fourth-order valence-corrected chi connectivity index (χ4v) is 12.5. The van der Waals surface area contributed by atoms with Crippen molar-refractivity contribution in [3.63, 3.8) is 0 Å². The van der Waals surface area contributed by atoms with Crippen molar-refractivity contribution in [2.75, 3.05) is 72.2 Å². The van der Waals surface area contributed by atoms with Crippen molar-refractivity contribution < 1.29 is 133 Å². The van der Waals surface area contributed by atoms with Gasteiger partial charge in [0.15, 0.2) is 0 Å². The summed E-state index contributed by atoms with van der Waals surface area (Å²) in [5.74, 6) is -16.4. The number of nitrogens with zero attached hydrogens (tertiary/aromatic N) is 3. The van der Waals surface area contributed by atoms with Crippen LogP contribution >= 0.6 is 0 Å². The highest BCUT2D eigenvalue weighted by Crippen LogP contribution is 2.40. The number of aliphatic hydroxyl groups is 6. The van der Waals surface area contributed by atoms with Gasteiger partial charge in [-0.3, -0.25) is 102 Å². The first kappa shape index (κ1) is 89.9. The number of carboxylic acids is 2.